The fourth-order valence-electron chi connectivity index (χ4n) is 1.85. The molecule has 0 aromatic heterocycles. The molecular formula is C15H14F2N2O. The number of nitrogens with two attached hydrogens (primary N) is 1. The summed E-state index contributed by atoms with van der Waals surface area (Å²) < 4.78 is 26.9. The first-order valence-electron chi connectivity index (χ1n) is 6.06. The van der Waals surface area contributed by atoms with Gasteiger partial charge >= 0.3 is 0 Å². The normalized spacial score (nSPS) is 10.3. The predicted octanol–water partition coefficient (Wildman–Crippen LogP) is 3.04. The Hall–Kier alpha value is -2.43. The van der Waals surface area contributed by atoms with Crippen LogP contribution in [0.3, 0.4) is 0 Å². The van der Waals surface area contributed by atoms with Gasteiger partial charge in [0.05, 0.1) is 17.8 Å². The van der Waals surface area contributed by atoms with Gasteiger partial charge in [-0.25, -0.2) is 8.78 Å². The van der Waals surface area contributed by atoms with Crippen molar-refractivity contribution in [3.05, 3.63) is 59.2 Å². The lowest BCUT2D eigenvalue weighted by Crippen LogP contribution is -2.17. The van der Waals surface area contributed by atoms with Crippen molar-refractivity contribution in [2.24, 2.45) is 0 Å². The lowest BCUT2D eigenvalue weighted by Gasteiger charge is -2.09. The SMILES string of the molecule is Cc1ccc(NC(=O)Cc2c(F)cccc2F)c(N)c1. The van der Waals surface area contributed by atoms with Crippen LogP contribution in [0.4, 0.5) is 20.2 Å². The first-order chi connectivity index (χ1) is 9.47. The quantitative estimate of drug-likeness (QED) is 0.847. The number of anilines is 2. The highest BCUT2D eigenvalue weighted by molar-refractivity contribution is 5.95. The summed E-state index contributed by atoms with van der Waals surface area (Å²) in [4.78, 5) is 11.8. The van der Waals surface area contributed by atoms with Crippen LogP contribution in [0, 0.1) is 18.6 Å². The zero-order valence-corrected chi connectivity index (χ0v) is 10.9. The summed E-state index contributed by atoms with van der Waals surface area (Å²) in [6, 6.07) is 8.64. The highest BCUT2D eigenvalue weighted by Gasteiger charge is 2.13. The average molecular weight is 276 g/mol. The maximum absolute atomic E-state index is 13.4. The van der Waals surface area contributed by atoms with Gasteiger partial charge in [-0.15, -0.1) is 0 Å². The molecule has 0 aliphatic rings. The van der Waals surface area contributed by atoms with Crippen LogP contribution >= 0.6 is 0 Å². The molecule has 0 saturated carbocycles. The average Bonchev–Trinajstić information content (AvgIpc) is 2.37. The van der Waals surface area contributed by atoms with Crippen LogP contribution in [-0.2, 0) is 11.2 Å². The lowest BCUT2D eigenvalue weighted by molar-refractivity contribution is -0.115. The first-order valence-corrected chi connectivity index (χ1v) is 6.06. The maximum atomic E-state index is 13.4. The van der Waals surface area contributed by atoms with Crippen molar-refractivity contribution < 1.29 is 13.6 Å². The molecule has 0 saturated heterocycles. The smallest absolute Gasteiger partial charge is 0.229 e. The van der Waals surface area contributed by atoms with Crippen molar-refractivity contribution in [2.45, 2.75) is 13.3 Å². The zero-order chi connectivity index (χ0) is 14.7. The van der Waals surface area contributed by atoms with Crippen LogP contribution in [0.25, 0.3) is 0 Å². The first kappa shape index (κ1) is 14.0. The molecule has 0 heterocycles. The molecular weight excluding hydrogens is 262 g/mol. The van der Waals surface area contributed by atoms with Crippen molar-refractivity contribution in [3.63, 3.8) is 0 Å². The second-order valence-electron chi connectivity index (χ2n) is 4.52. The number of hydrogen-bond donors (Lipinski definition) is 2. The van der Waals surface area contributed by atoms with Crippen molar-refractivity contribution >= 4 is 17.3 Å². The largest absolute Gasteiger partial charge is 0.397 e. The highest BCUT2D eigenvalue weighted by atomic mass is 19.1. The van der Waals surface area contributed by atoms with Crippen LogP contribution in [0.5, 0.6) is 0 Å². The number of amides is 1. The molecule has 2 aromatic carbocycles. The van der Waals surface area contributed by atoms with E-state index in [2.05, 4.69) is 5.32 Å². The maximum Gasteiger partial charge on any atom is 0.229 e. The highest BCUT2D eigenvalue weighted by Crippen LogP contribution is 2.20. The summed E-state index contributed by atoms with van der Waals surface area (Å²) in [5.41, 5.74) is 7.30. The summed E-state index contributed by atoms with van der Waals surface area (Å²) in [5, 5.41) is 2.54. The monoisotopic (exact) mass is 276 g/mol. The van der Waals surface area contributed by atoms with Gasteiger partial charge in [0.2, 0.25) is 5.91 Å². The number of halogens is 2. The van der Waals surface area contributed by atoms with E-state index in [0.717, 1.165) is 17.7 Å². The Kier molecular flexibility index (Phi) is 3.98. The minimum Gasteiger partial charge on any atom is -0.397 e. The Morgan fingerprint density at radius 1 is 1.20 bits per heavy atom. The molecule has 0 unspecified atom stereocenters. The molecule has 1 amide bonds. The molecule has 104 valence electrons. The molecule has 0 fully saturated rings. The third-order valence-electron chi connectivity index (χ3n) is 2.88. The van der Waals surface area contributed by atoms with Gasteiger partial charge in [-0.3, -0.25) is 4.79 Å². The number of hydrogen-bond acceptors (Lipinski definition) is 2. The zero-order valence-electron chi connectivity index (χ0n) is 10.9. The molecule has 3 nitrogen and oxygen atoms in total. The van der Waals surface area contributed by atoms with E-state index in [0.29, 0.717) is 11.4 Å². The number of carbonyl (C=O) groups is 1. The molecule has 0 bridgehead atoms. The van der Waals surface area contributed by atoms with E-state index < -0.39 is 17.5 Å². The van der Waals surface area contributed by atoms with Crippen molar-refractivity contribution in [1.29, 1.82) is 0 Å². The van der Waals surface area contributed by atoms with Crippen LogP contribution in [-0.4, -0.2) is 5.91 Å². The molecule has 3 N–H and O–H groups in total. The summed E-state index contributed by atoms with van der Waals surface area (Å²) in [7, 11) is 0. The topological polar surface area (TPSA) is 55.1 Å². The van der Waals surface area contributed by atoms with Gasteiger partial charge in [0.25, 0.3) is 0 Å². The van der Waals surface area contributed by atoms with Gasteiger partial charge in [-0.05, 0) is 36.8 Å². The number of nitrogens with one attached hydrogen (secondary N) is 1. The Balaban J connectivity index is 2.13. The van der Waals surface area contributed by atoms with E-state index in [1.165, 1.54) is 6.07 Å². The van der Waals surface area contributed by atoms with E-state index in [9.17, 15) is 13.6 Å². The summed E-state index contributed by atoms with van der Waals surface area (Å²) in [6.07, 6.45) is -0.383. The van der Waals surface area contributed by atoms with E-state index in [1.54, 1.807) is 18.2 Å². The summed E-state index contributed by atoms with van der Waals surface area (Å²) in [6.45, 7) is 1.87. The van der Waals surface area contributed by atoms with Gasteiger partial charge in [-0.1, -0.05) is 12.1 Å². The predicted molar refractivity (Wildman–Crippen MR) is 74.3 cm³/mol. The fraction of sp³-hybridized carbons (Fsp3) is 0.133. The van der Waals surface area contributed by atoms with Gasteiger partial charge in [-0.2, -0.15) is 0 Å². The van der Waals surface area contributed by atoms with Crippen LogP contribution in [0.2, 0.25) is 0 Å². The van der Waals surface area contributed by atoms with Crippen molar-refractivity contribution in [1.82, 2.24) is 0 Å². The van der Waals surface area contributed by atoms with E-state index >= 15 is 0 Å². The molecule has 2 aromatic rings. The molecule has 0 radical (unpaired) electrons. The van der Waals surface area contributed by atoms with Crippen LogP contribution in [0.15, 0.2) is 36.4 Å². The van der Waals surface area contributed by atoms with Crippen LogP contribution in [0.1, 0.15) is 11.1 Å². The van der Waals surface area contributed by atoms with E-state index in [4.69, 9.17) is 5.73 Å². The molecule has 20 heavy (non-hydrogen) atoms. The number of nitrogen functional groups attached to an aromatic ring is 1. The second kappa shape index (κ2) is 5.69. The van der Waals surface area contributed by atoms with Crippen molar-refractivity contribution in [3.8, 4) is 0 Å². The Labute approximate surface area is 115 Å². The number of rotatable bonds is 3. The van der Waals surface area contributed by atoms with Gasteiger partial charge < -0.3 is 11.1 Å². The summed E-state index contributed by atoms with van der Waals surface area (Å²) in [5.74, 6) is -2.00. The third kappa shape index (κ3) is 3.12. The lowest BCUT2D eigenvalue weighted by atomic mass is 10.1. The van der Waals surface area contributed by atoms with E-state index in [1.807, 2.05) is 6.92 Å². The molecule has 0 spiro atoms. The van der Waals surface area contributed by atoms with Gasteiger partial charge in [0, 0.05) is 5.56 Å². The Morgan fingerprint density at radius 3 is 2.45 bits per heavy atom. The second-order valence-corrected chi connectivity index (χ2v) is 4.52. The van der Waals surface area contributed by atoms with Gasteiger partial charge in [0.1, 0.15) is 11.6 Å². The summed E-state index contributed by atoms with van der Waals surface area (Å²) >= 11 is 0. The standard InChI is InChI=1S/C15H14F2N2O/c1-9-5-6-14(13(18)7-9)19-15(20)8-10-11(16)3-2-4-12(10)17/h2-7H,8,18H2,1H3,(H,19,20). The number of carbonyl (C=O) groups excluding carboxylic acids is 1. The Morgan fingerprint density at radius 2 is 1.85 bits per heavy atom. The molecule has 0 aliphatic heterocycles. The number of aryl methyl sites for hydroxylation is 1. The molecule has 2 rings (SSSR count). The van der Waals surface area contributed by atoms with E-state index in [-0.39, 0.29) is 12.0 Å². The molecule has 5 heteroatoms. The van der Waals surface area contributed by atoms with Crippen molar-refractivity contribution in [2.75, 3.05) is 11.1 Å². The fourth-order valence-corrected chi connectivity index (χ4v) is 1.85. The molecule has 0 aliphatic carbocycles. The van der Waals surface area contributed by atoms with Crippen LogP contribution < -0.4 is 11.1 Å². The molecule has 0 atom stereocenters. The minimum atomic E-state index is -0.739. The minimum absolute atomic E-state index is 0.254. The van der Waals surface area contributed by atoms with Gasteiger partial charge in [0.15, 0.2) is 0 Å². The third-order valence-corrected chi connectivity index (χ3v) is 2.88. The number of benzene rings is 2. The Bertz CT molecular complexity index is 636.